The number of halogens is 2. The molecule has 1 aliphatic heterocycles. The first kappa shape index (κ1) is 12.9. The van der Waals surface area contributed by atoms with Gasteiger partial charge in [0.1, 0.15) is 5.82 Å². The quantitative estimate of drug-likeness (QED) is 0.880. The highest BCUT2D eigenvalue weighted by molar-refractivity contribution is 9.10. The average molecular weight is 323 g/mol. The van der Waals surface area contributed by atoms with E-state index in [4.69, 9.17) is 0 Å². The lowest BCUT2D eigenvalue weighted by molar-refractivity contribution is 0.559. The molecule has 1 aromatic rings. The molecule has 0 aromatic heterocycles. The third-order valence-corrected chi connectivity index (χ3v) is 5.06. The van der Waals surface area contributed by atoms with E-state index >= 15 is 0 Å². The van der Waals surface area contributed by atoms with E-state index in [0.717, 1.165) is 25.1 Å². The summed E-state index contributed by atoms with van der Waals surface area (Å²) in [7, 11) is -3.59. The van der Waals surface area contributed by atoms with Crippen LogP contribution in [-0.2, 0) is 10.0 Å². The molecule has 4 nitrogen and oxygen atoms in total. The molecule has 2 N–H and O–H groups in total. The number of hydrogen-bond acceptors (Lipinski definition) is 3. The van der Waals surface area contributed by atoms with Crippen LogP contribution < -0.4 is 10.0 Å². The first-order chi connectivity index (χ1) is 7.99. The van der Waals surface area contributed by atoms with Crippen molar-refractivity contribution in [3.63, 3.8) is 0 Å². The molecule has 0 amide bonds. The van der Waals surface area contributed by atoms with E-state index in [1.165, 1.54) is 6.07 Å². The third kappa shape index (κ3) is 3.04. The van der Waals surface area contributed by atoms with Gasteiger partial charge in [-0.05, 0) is 47.1 Å². The summed E-state index contributed by atoms with van der Waals surface area (Å²) in [6.07, 6.45) is 0.762. The van der Waals surface area contributed by atoms with Crippen LogP contribution >= 0.6 is 15.9 Å². The molecule has 0 radical (unpaired) electrons. The minimum atomic E-state index is -3.59. The number of nitrogens with one attached hydrogen (secondary N) is 2. The Morgan fingerprint density at radius 1 is 1.47 bits per heavy atom. The fraction of sp³-hybridized carbons (Fsp3) is 0.400. The van der Waals surface area contributed by atoms with Crippen molar-refractivity contribution in [1.29, 1.82) is 0 Å². The van der Waals surface area contributed by atoms with Crippen molar-refractivity contribution in [3.05, 3.63) is 28.5 Å². The molecule has 94 valence electrons. The van der Waals surface area contributed by atoms with Crippen LogP contribution in [0, 0.1) is 5.82 Å². The Morgan fingerprint density at radius 3 is 2.82 bits per heavy atom. The van der Waals surface area contributed by atoms with Gasteiger partial charge < -0.3 is 5.32 Å². The van der Waals surface area contributed by atoms with Crippen LogP contribution in [-0.4, -0.2) is 27.5 Å². The van der Waals surface area contributed by atoms with E-state index in [1.54, 1.807) is 0 Å². The van der Waals surface area contributed by atoms with Crippen LogP contribution in [0.15, 0.2) is 27.6 Å². The van der Waals surface area contributed by atoms with Crippen LogP contribution in [0.25, 0.3) is 0 Å². The van der Waals surface area contributed by atoms with E-state index in [1.807, 2.05) is 0 Å². The van der Waals surface area contributed by atoms with Crippen molar-refractivity contribution in [1.82, 2.24) is 10.0 Å². The van der Waals surface area contributed by atoms with Crippen molar-refractivity contribution < 1.29 is 12.8 Å². The maximum absolute atomic E-state index is 12.9. The zero-order chi connectivity index (χ0) is 12.5. The maximum Gasteiger partial charge on any atom is 0.241 e. The first-order valence-electron chi connectivity index (χ1n) is 5.17. The van der Waals surface area contributed by atoms with Gasteiger partial charge in [0, 0.05) is 17.1 Å². The Kier molecular flexibility index (Phi) is 3.82. The monoisotopic (exact) mass is 322 g/mol. The van der Waals surface area contributed by atoms with Crippen molar-refractivity contribution in [3.8, 4) is 0 Å². The molecule has 0 unspecified atom stereocenters. The molecule has 0 aliphatic carbocycles. The molecule has 1 atom stereocenters. The van der Waals surface area contributed by atoms with Gasteiger partial charge in [0.15, 0.2) is 0 Å². The van der Waals surface area contributed by atoms with Crippen LogP contribution in [0.2, 0.25) is 0 Å². The summed E-state index contributed by atoms with van der Waals surface area (Å²) in [4.78, 5) is 0.0609. The predicted octanol–water partition coefficient (Wildman–Crippen LogP) is 1.23. The summed E-state index contributed by atoms with van der Waals surface area (Å²) in [5, 5.41) is 3.07. The van der Waals surface area contributed by atoms with Gasteiger partial charge in [-0.1, -0.05) is 0 Å². The van der Waals surface area contributed by atoms with Crippen LogP contribution in [0.3, 0.4) is 0 Å². The Labute approximate surface area is 108 Å². The van der Waals surface area contributed by atoms with Crippen molar-refractivity contribution in [2.45, 2.75) is 17.4 Å². The maximum atomic E-state index is 12.9. The van der Waals surface area contributed by atoms with Crippen molar-refractivity contribution in [2.75, 3.05) is 13.1 Å². The van der Waals surface area contributed by atoms with Gasteiger partial charge in [-0.25, -0.2) is 17.5 Å². The molecule has 17 heavy (non-hydrogen) atoms. The summed E-state index contributed by atoms with van der Waals surface area (Å²) in [6, 6.07) is 3.43. The second-order valence-corrected chi connectivity index (χ2v) is 6.42. The summed E-state index contributed by atoms with van der Waals surface area (Å²) in [5.74, 6) is -0.474. The molecule has 1 aromatic carbocycles. The van der Waals surface area contributed by atoms with Gasteiger partial charge in [0.25, 0.3) is 0 Å². The van der Waals surface area contributed by atoms with Gasteiger partial charge in [0.05, 0.1) is 4.90 Å². The van der Waals surface area contributed by atoms with Gasteiger partial charge in [-0.2, -0.15) is 0 Å². The zero-order valence-electron chi connectivity index (χ0n) is 8.91. The highest BCUT2D eigenvalue weighted by Crippen LogP contribution is 2.23. The highest BCUT2D eigenvalue weighted by atomic mass is 79.9. The molecule has 1 heterocycles. The Hall–Kier alpha value is -0.500. The summed E-state index contributed by atoms with van der Waals surface area (Å²) < 4.78 is 39.8. The van der Waals surface area contributed by atoms with Crippen LogP contribution in [0.1, 0.15) is 6.42 Å². The molecule has 1 fully saturated rings. The second-order valence-electron chi connectivity index (χ2n) is 3.89. The van der Waals surface area contributed by atoms with Gasteiger partial charge in [-0.15, -0.1) is 0 Å². The second kappa shape index (κ2) is 5.01. The molecule has 0 bridgehead atoms. The van der Waals surface area contributed by atoms with E-state index in [0.29, 0.717) is 6.54 Å². The van der Waals surface area contributed by atoms with Crippen molar-refractivity contribution >= 4 is 26.0 Å². The van der Waals surface area contributed by atoms with Gasteiger partial charge in [0.2, 0.25) is 10.0 Å². The normalized spacial score (nSPS) is 20.7. The smallest absolute Gasteiger partial charge is 0.241 e. The lowest BCUT2D eigenvalue weighted by Crippen LogP contribution is -2.36. The number of hydrogen-bond donors (Lipinski definition) is 2. The lowest BCUT2D eigenvalue weighted by atomic mass is 10.3. The fourth-order valence-electron chi connectivity index (χ4n) is 1.73. The van der Waals surface area contributed by atoms with E-state index in [2.05, 4.69) is 26.0 Å². The zero-order valence-corrected chi connectivity index (χ0v) is 11.3. The van der Waals surface area contributed by atoms with Crippen molar-refractivity contribution in [2.24, 2.45) is 0 Å². The summed E-state index contributed by atoms with van der Waals surface area (Å²) in [6.45, 7) is 1.43. The van der Waals surface area contributed by atoms with Crippen LogP contribution in [0.5, 0.6) is 0 Å². The predicted molar refractivity (Wildman–Crippen MR) is 65.7 cm³/mol. The van der Waals surface area contributed by atoms with E-state index in [-0.39, 0.29) is 15.4 Å². The van der Waals surface area contributed by atoms with E-state index < -0.39 is 15.8 Å². The fourth-order valence-corrected chi connectivity index (χ4v) is 4.05. The third-order valence-electron chi connectivity index (χ3n) is 2.57. The highest BCUT2D eigenvalue weighted by Gasteiger charge is 2.24. The lowest BCUT2D eigenvalue weighted by Gasteiger charge is -2.13. The Bertz CT molecular complexity index is 515. The van der Waals surface area contributed by atoms with Gasteiger partial charge in [-0.3, -0.25) is 0 Å². The molecule has 1 saturated heterocycles. The first-order valence-corrected chi connectivity index (χ1v) is 7.45. The summed E-state index contributed by atoms with van der Waals surface area (Å²) in [5.41, 5.74) is 0. The molecule has 1 aliphatic rings. The van der Waals surface area contributed by atoms with Crippen LogP contribution in [0.4, 0.5) is 4.39 Å². The number of rotatable bonds is 3. The molecule has 7 heteroatoms. The molecule has 0 saturated carbocycles. The number of benzene rings is 1. The minimum Gasteiger partial charge on any atom is -0.315 e. The molecular formula is C10H12BrFN2O2S. The summed E-state index contributed by atoms with van der Waals surface area (Å²) >= 11 is 3.06. The van der Waals surface area contributed by atoms with Gasteiger partial charge >= 0.3 is 0 Å². The minimum absolute atomic E-state index is 0.0609. The standard InChI is InChI=1S/C10H12BrFN2O2S/c11-9-5-7(12)1-2-10(9)17(15,16)14-8-3-4-13-6-8/h1-2,5,8,13-14H,3-4,6H2/t8-/m1/s1. The van der Waals surface area contributed by atoms with E-state index in [9.17, 15) is 12.8 Å². The SMILES string of the molecule is O=S(=O)(N[C@@H]1CCNC1)c1ccc(F)cc1Br. The molecular weight excluding hydrogens is 311 g/mol. The topological polar surface area (TPSA) is 58.2 Å². The number of sulfonamides is 1. The largest absolute Gasteiger partial charge is 0.315 e. The molecule has 0 spiro atoms. The Morgan fingerprint density at radius 2 is 2.24 bits per heavy atom. The molecule has 2 rings (SSSR count). The Balaban J connectivity index is 2.24. The average Bonchev–Trinajstić information content (AvgIpc) is 2.68.